The van der Waals surface area contributed by atoms with Gasteiger partial charge in [0, 0.05) is 42.5 Å². The number of hydrogen-bond donors (Lipinski definition) is 1. The van der Waals surface area contributed by atoms with E-state index >= 15 is 0 Å². The molecular formula is C38H52N4O4. The smallest absolute Gasteiger partial charge is 0.407 e. The number of amides is 2. The molecule has 3 aromatic rings. The Labute approximate surface area is 274 Å². The van der Waals surface area contributed by atoms with E-state index in [-0.39, 0.29) is 30.1 Å². The molecule has 46 heavy (non-hydrogen) atoms. The first kappa shape index (κ1) is 33.6. The lowest BCUT2D eigenvalue weighted by molar-refractivity contribution is -0.124. The average Bonchev–Trinajstić information content (AvgIpc) is 3.58. The number of nitrogens with zero attached hydrogens (tertiary/aromatic N) is 3. The minimum atomic E-state index is -0.351. The minimum absolute atomic E-state index is 0.0792. The van der Waals surface area contributed by atoms with Crippen LogP contribution in [0, 0.1) is 18.8 Å². The molecule has 2 saturated carbocycles. The van der Waals surface area contributed by atoms with Crippen molar-refractivity contribution in [1.29, 1.82) is 0 Å². The van der Waals surface area contributed by atoms with Crippen LogP contribution in [0.4, 0.5) is 10.5 Å². The highest BCUT2D eigenvalue weighted by Crippen LogP contribution is 2.39. The fraction of sp³-hybridized carbons (Fsp3) is 0.553. The number of benzene rings is 2. The van der Waals surface area contributed by atoms with Crippen molar-refractivity contribution in [3.63, 3.8) is 0 Å². The van der Waals surface area contributed by atoms with Crippen molar-refractivity contribution in [2.75, 3.05) is 25.1 Å². The lowest BCUT2D eigenvalue weighted by Gasteiger charge is -2.36. The van der Waals surface area contributed by atoms with E-state index in [2.05, 4.69) is 84.7 Å². The van der Waals surface area contributed by atoms with Crippen LogP contribution in [-0.2, 0) is 9.53 Å². The summed E-state index contributed by atoms with van der Waals surface area (Å²) in [6.07, 6.45) is 11.7. The van der Waals surface area contributed by atoms with Crippen LogP contribution in [0.1, 0.15) is 102 Å². The number of methoxy groups -OCH3 is 1. The lowest BCUT2D eigenvalue weighted by atomic mass is 9.78. The van der Waals surface area contributed by atoms with Crippen LogP contribution in [0.2, 0.25) is 0 Å². The number of carbonyl (C=O) groups is 2. The number of nitrogens with one attached hydrogen (secondary N) is 1. The minimum Gasteiger partial charge on any atom is -0.496 e. The maximum atomic E-state index is 14.3. The summed E-state index contributed by atoms with van der Waals surface area (Å²) in [7, 11) is 1.72. The van der Waals surface area contributed by atoms with E-state index in [1.54, 1.807) is 7.11 Å². The Bertz CT molecular complexity index is 1450. The van der Waals surface area contributed by atoms with E-state index in [9.17, 15) is 9.59 Å². The van der Waals surface area contributed by atoms with Gasteiger partial charge in [0.05, 0.1) is 13.3 Å². The quantitative estimate of drug-likeness (QED) is 0.230. The molecule has 0 atom stereocenters. The number of hydrogen-bond acceptors (Lipinski definition) is 5. The Kier molecular flexibility index (Phi) is 11.4. The molecule has 248 valence electrons. The van der Waals surface area contributed by atoms with Crippen LogP contribution in [0.5, 0.6) is 5.75 Å². The topological polar surface area (TPSA) is 85.7 Å². The van der Waals surface area contributed by atoms with Crippen LogP contribution < -0.4 is 15.0 Å². The standard InChI is InChI=1S/C38H52N4O4/c1-6-20-39-38(44)46-35-17-14-30(15-18-35)37(43)41(34-9-7-8-31(22-34)33-23-40-42(25-33)26(2)3)24-28-10-12-29(13-11-28)32-16-19-36(45-5)27(4)21-32/h7-9,16,19,21-23,25-26,28-30,35H,6,10-15,17-18,20,24H2,1-5H3,(H,39,44). The molecule has 0 radical (unpaired) electrons. The third-order valence-electron chi connectivity index (χ3n) is 9.88. The summed E-state index contributed by atoms with van der Waals surface area (Å²) in [5, 5.41) is 7.35. The maximum Gasteiger partial charge on any atom is 0.407 e. The monoisotopic (exact) mass is 628 g/mol. The second-order valence-corrected chi connectivity index (χ2v) is 13.6. The molecule has 8 heteroatoms. The molecule has 5 rings (SSSR count). The first-order valence-corrected chi connectivity index (χ1v) is 17.3. The summed E-state index contributed by atoms with van der Waals surface area (Å²) < 4.78 is 13.1. The highest BCUT2D eigenvalue weighted by molar-refractivity contribution is 5.95. The van der Waals surface area contributed by atoms with Gasteiger partial charge in [-0.2, -0.15) is 5.10 Å². The first-order valence-electron chi connectivity index (χ1n) is 17.3. The van der Waals surface area contributed by atoms with Crippen LogP contribution in [-0.4, -0.2) is 48.1 Å². The van der Waals surface area contributed by atoms with E-state index < -0.39 is 0 Å². The third kappa shape index (κ3) is 8.31. The van der Waals surface area contributed by atoms with Gasteiger partial charge in [0.15, 0.2) is 0 Å². The van der Waals surface area contributed by atoms with Gasteiger partial charge in [-0.05, 0) is 125 Å². The van der Waals surface area contributed by atoms with Gasteiger partial charge >= 0.3 is 6.09 Å². The van der Waals surface area contributed by atoms with Crippen LogP contribution in [0.15, 0.2) is 54.9 Å². The molecule has 0 unspecified atom stereocenters. The molecule has 2 amide bonds. The summed E-state index contributed by atoms with van der Waals surface area (Å²) in [6, 6.07) is 15.2. The fourth-order valence-electron chi connectivity index (χ4n) is 7.11. The molecule has 2 fully saturated rings. The van der Waals surface area contributed by atoms with E-state index in [4.69, 9.17) is 9.47 Å². The molecule has 2 aliphatic carbocycles. The zero-order chi connectivity index (χ0) is 32.6. The van der Waals surface area contributed by atoms with Gasteiger partial charge in [0.2, 0.25) is 5.91 Å². The van der Waals surface area contributed by atoms with Gasteiger partial charge < -0.3 is 19.7 Å². The molecule has 2 aliphatic rings. The maximum absolute atomic E-state index is 14.3. The van der Waals surface area contributed by atoms with Crippen molar-refractivity contribution in [2.45, 2.75) is 104 Å². The van der Waals surface area contributed by atoms with E-state index in [0.717, 1.165) is 74.1 Å². The van der Waals surface area contributed by atoms with Crippen LogP contribution >= 0.6 is 0 Å². The molecular weight excluding hydrogens is 576 g/mol. The second-order valence-electron chi connectivity index (χ2n) is 13.6. The lowest BCUT2D eigenvalue weighted by Crippen LogP contribution is -2.42. The predicted octanol–water partition coefficient (Wildman–Crippen LogP) is 8.45. The van der Waals surface area contributed by atoms with Gasteiger partial charge in [-0.25, -0.2) is 4.79 Å². The molecule has 0 bridgehead atoms. The molecule has 2 aromatic carbocycles. The molecule has 1 N–H and O–H groups in total. The molecule has 0 spiro atoms. The Balaban J connectivity index is 1.30. The highest BCUT2D eigenvalue weighted by atomic mass is 16.6. The number of alkyl carbamates (subject to hydrolysis) is 1. The molecule has 0 saturated heterocycles. The Morgan fingerprint density at radius 3 is 2.41 bits per heavy atom. The van der Waals surface area contributed by atoms with Gasteiger partial charge in [-0.3, -0.25) is 9.48 Å². The zero-order valence-electron chi connectivity index (χ0n) is 28.3. The number of aromatic nitrogens is 2. The van der Waals surface area contributed by atoms with Crippen molar-refractivity contribution >= 4 is 17.7 Å². The second kappa shape index (κ2) is 15.7. The van der Waals surface area contributed by atoms with Crippen LogP contribution in [0.25, 0.3) is 11.1 Å². The number of rotatable bonds is 11. The van der Waals surface area contributed by atoms with Crippen molar-refractivity contribution in [3.8, 4) is 16.9 Å². The summed E-state index contributed by atoms with van der Waals surface area (Å²) in [5.41, 5.74) is 5.64. The predicted molar refractivity (Wildman–Crippen MR) is 183 cm³/mol. The molecule has 1 aromatic heterocycles. The fourth-order valence-corrected chi connectivity index (χ4v) is 7.11. The summed E-state index contributed by atoms with van der Waals surface area (Å²) in [4.78, 5) is 28.5. The van der Waals surface area contributed by atoms with Crippen molar-refractivity contribution < 1.29 is 19.1 Å². The normalized spacial score (nSPS) is 21.5. The first-order chi connectivity index (χ1) is 22.2. The summed E-state index contributed by atoms with van der Waals surface area (Å²) in [6.45, 7) is 9.70. The number of ether oxygens (including phenoxy) is 2. The molecule has 0 aliphatic heterocycles. The zero-order valence-corrected chi connectivity index (χ0v) is 28.3. The van der Waals surface area contributed by atoms with Gasteiger partial charge in [0.1, 0.15) is 11.9 Å². The van der Waals surface area contributed by atoms with Gasteiger partial charge in [0.25, 0.3) is 0 Å². The number of aryl methyl sites for hydroxylation is 1. The SMILES string of the molecule is CCCNC(=O)OC1CCC(C(=O)N(CC2CCC(c3ccc(OC)c(C)c3)CC2)c2cccc(-c3cnn(C(C)C)c3)c2)CC1. The van der Waals surface area contributed by atoms with E-state index in [1.807, 2.05) is 17.8 Å². The average molecular weight is 629 g/mol. The van der Waals surface area contributed by atoms with Crippen molar-refractivity contribution in [1.82, 2.24) is 15.1 Å². The Hall–Kier alpha value is -3.81. The summed E-state index contributed by atoms with van der Waals surface area (Å²) >= 11 is 0. The van der Waals surface area contributed by atoms with E-state index in [0.29, 0.717) is 31.2 Å². The molecule has 1 heterocycles. The van der Waals surface area contributed by atoms with E-state index in [1.165, 1.54) is 11.1 Å². The van der Waals surface area contributed by atoms with Crippen molar-refractivity contribution in [2.24, 2.45) is 11.8 Å². The van der Waals surface area contributed by atoms with Crippen molar-refractivity contribution in [3.05, 3.63) is 66.0 Å². The largest absolute Gasteiger partial charge is 0.496 e. The summed E-state index contributed by atoms with van der Waals surface area (Å²) in [5.74, 6) is 2.02. The Morgan fingerprint density at radius 2 is 1.76 bits per heavy atom. The molecule has 8 nitrogen and oxygen atoms in total. The van der Waals surface area contributed by atoms with Gasteiger partial charge in [-0.1, -0.05) is 31.2 Å². The number of carbonyl (C=O) groups excluding carboxylic acids is 2. The van der Waals surface area contributed by atoms with Crippen LogP contribution in [0.3, 0.4) is 0 Å². The third-order valence-corrected chi connectivity index (χ3v) is 9.88. The van der Waals surface area contributed by atoms with Gasteiger partial charge in [-0.15, -0.1) is 0 Å². The number of anilines is 1. The highest BCUT2D eigenvalue weighted by Gasteiger charge is 2.34. The Morgan fingerprint density at radius 1 is 1.00 bits per heavy atom.